The van der Waals surface area contributed by atoms with Crippen LogP contribution in [0.25, 0.3) is 65.4 Å². The van der Waals surface area contributed by atoms with Crippen LogP contribution in [-0.4, -0.2) is 69.5 Å². The molecule has 588 valence electrons. The van der Waals surface area contributed by atoms with Crippen molar-refractivity contribution in [3.05, 3.63) is 171 Å². The summed E-state index contributed by atoms with van der Waals surface area (Å²) >= 11 is 0. The molecule has 0 unspecified atom stereocenters. The molecule has 4 aromatic heterocycles. The third kappa shape index (κ3) is 29.5. The van der Waals surface area contributed by atoms with E-state index in [1.165, 1.54) is 75.7 Å². The maximum Gasteiger partial charge on any atom is 0.235 e. The number of aromatic amines is 6. The Morgan fingerprint density at radius 3 is 0.463 bits per heavy atom. The minimum Gasteiger partial charge on any atom is -0.490 e. The second-order valence-electron chi connectivity index (χ2n) is 28.7. The van der Waals surface area contributed by atoms with Crippen molar-refractivity contribution in [1.29, 1.82) is 0 Å². The predicted octanol–water partition coefficient (Wildman–Crippen LogP) is 22.2. The molecule has 0 fully saturated rings. The van der Waals surface area contributed by atoms with Crippen LogP contribution in [-0.2, 0) is 0 Å². The smallest absolute Gasteiger partial charge is 0.235 e. The van der Waals surface area contributed by atoms with Crippen LogP contribution in [0.1, 0.15) is 273 Å². The van der Waals surface area contributed by atoms with Gasteiger partial charge in [-0.2, -0.15) is 0 Å². The summed E-state index contributed by atoms with van der Waals surface area (Å²) in [7, 11) is 0. The Hall–Kier alpha value is -9.06. The van der Waals surface area contributed by atoms with Gasteiger partial charge in [-0.1, -0.05) is 234 Å². The maximum absolute atomic E-state index is 14.3. The summed E-state index contributed by atoms with van der Waals surface area (Å²) < 4.78 is 39.2. The van der Waals surface area contributed by atoms with Crippen LogP contribution in [0, 0.1) is 0 Å². The number of rotatable bonds is 48. The van der Waals surface area contributed by atoms with Crippen molar-refractivity contribution >= 4 is 65.4 Å². The molecule has 10 aromatic rings. The van der Waals surface area contributed by atoms with Crippen LogP contribution in [0.2, 0.25) is 0 Å². The van der Waals surface area contributed by atoms with E-state index in [0.29, 0.717) is 107 Å². The molecule has 18 heteroatoms. The number of H-pyrrole nitrogens is 6. The zero-order chi connectivity index (χ0) is 76.8. The third-order valence-electron chi connectivity index (χ3n) is 19.6. The Morgan fingerprint density at radius 1 is 0.194 bits per heavy atom. The average Bonchev–Trinajstić information content (AvgIpc) is 0.816. The molecule has 0 saturated heterocycles. The highest BCUT2D eigenvalue weighted by atomic mass is 16.5. The Bertz CT molecular complexity index is 3860. The number of unbranched alkanes of at least 4 members (excludes halogenated alkanes) is 30. The first-order valence-corrected chi connectivity index (χ1v) is 41.3. The van der Waals surface area contributed by atoms with Gasteiger partial charge in [0, 0.05) is 106 Å². The minimum atomic E-state index is -0.777. The van der Waals surface area contributed by atoms with E-state index in [1.54, 1.807) is 72.8 Å². The number of hydrogen-bond acceptors (Lipinski definition) is 12. The highest BCUT2D eigenvalue weighted by Crippen LogP contribution is 2.35. The van der Waals surface area contributed by atoms with Gasteiger partial charge in [0.25, 0.3) is 0 Å². The van der Waals surface area contributed by atoms with Crippen LogP contribution in [0.4, 0.5) is 0 Å². The Balaban J connectivity index is 1.51. The largest absolute Gasteiger partial charge is 0.490 e. The summed E-state index contributed by atoms with van der Waals surface area (Å²) in [6.45, 7) is 15.8. The van der Waals surface area contributed by atoms with Gasteiger partial charge in [0.15, 0.2) is 34.5 Å². The fourth-order valence-electron chi connectivity index (χ4n) is 12.9. The zero-order valence-corrected chi connectivity index (χ0v) is 66.0. The van der Waals surface area contributed by atoms with Gasteiger partial charge in [-0.15, -0.1) is 0 Å². The first-order valence-electron chi connectivity index (χ1n) is 41.3. The molecule has 0 atom stereocenters. The van der Waals surface area contributed by atoms with Crippen LogP contribution in [0.3, 0.4) is 0 Å². The quantitative estimate of drug-likeness (QED) is 0.0154. The van der Waals surface area contributed by atoms with Gasteiger partial charge < -0.3 is 58.3 Å². The molecule has 0 spiro atoms. The van der Waals surface area contributed by atoms with E-state index in [1.807, 2.05) is 0 Å². The topological polar surface area (TPSA) is 253 Å². The van der Waals surface area contributed by atoms with E-state index in [0.717, 1.165) is 193 Å². The molecule has 0 radical (unpaired) electrons. The fourth-order valence-corrected chi connectivity index (χ4v) is 12.9. The van der Waals surface area contributed by atoms with Crippen molar-refractivity contribution in [2.45, 2.75) is 273 Å². The van der Waals surface area contributed by atoms with Crippen molar-refractivity contribution in [1.82, 2.24) is 29.9 Å². The Morgan fingerprint density at radius 2 is 0.324 bits per heavy atom. The molecule has 0 aliphatic rings. The van der Waals surface area contributed by atoms with Crippen molar-refractivity contribution in [3.63, 3.8) is 0 Å². The predicted molar refractivity (Wildman–Crippen MR) is 448 cm³/mol. The summed E-state index contributed by atoms with van der Waals surface area (Å²) in [4.78, 5) is 106. The van der Waals surface area contributed by atoms with Gasteiger partial charge in [-0.05, 0) is 74.9 Å². The molecule has 6 aromatic carbocycles. The van der Waals surface area contributed by atoms with Crippen LogP contribution >= 0.6 is 0 Å². The number of hydrogen-bond donors (Lipinski definition) is 6. The molecular weight excluding hydrogens is 1360 g/mol. The minimum absolute atomic E-state index is 0.0690. The standard InChI is InChI=1S/C90H126N6O12/c1-7-13-19-25-31-37-49-103-79-55-73-74(56-80(79)104-50-38-32-26-20-14-8-2)92-62-68-45-46-70(88(100)86(68)98)64-94-77-59-83(107-53-41-35-29-23-17-11-5)84(108-54-42-36-30-24-18-12-6)60-78(77)96-66-72-48-47-71(89(101)90(72)102)65-95-76-58-82(106-52-40-34-28-22-16-10-4)81(105-51-39-33-27-21-15-9-3)57-75(76)93-63-69-44-43-67(61-91-73)85(97)87(69)99/h43-48,55-66,91-96H,7-42,49-54H2,1-6H3. The average molecular weight is 1480 g/mol. The van der Waals surface area contributed by atoms with Gasteiger partial charge in [-0.3, -0.25) is 28.8 Å². The molecule has 0 saturated carbocycles. The van der Waals surface area contributed by atoms with E-state index in [4.69, 9.17) is 28.4 Å². The van der Waals surface area contributed by atoms with Crippen molar-refractivity contribution in [3.8, 4) is 34.5 Å². The monoisotopic (exact) mass is 1480 g/mol. The maximum atomic E-state index is 14.3. The van der Waals surface area contributed by atoms with Gasteiger partial charge in [0.2, 0.25) is 32.6 Å². The van der Waals surface area contributed by atoms with Crippen LogP contribution in [0.5, 0.6) is 34.5 Å². The van der Waals surface area contributed by atoms with Crippen LogP contribution in [0.15, 0.2) is 139 Å². The Labute approximate surface area is 638 Å². The molecule has 6 N–H and O–H groups in total. The first-order chi connectivity index (χ1) is 52.9. The molecule has 0 amide bonds. The summed E-state index contributed by atoms with van der Waals surface area (Å²) in [5.74, 6) is 2.83. The second kappa shape index (κ2) is 50.5. The van der Waals surface area contributed by atoms with Crippen LogP contribution < -0.4 is 61.0 Å². The Kier molecular flexibility index (Phi) is 40.3. The lowest BCUT2D eigenvalue weighted by atomic mass is 10.1. The summed E-state index contributed by atoms with van der Waals surface area (Å²) in [5, 5.41) is 0.414. The highest BCUT2D eigenvalue weighted by molar-refractivity contribution is 5.81. The van der Waals surface area contributed by atoms with E-state index < -0.39 is 32.6 Å². The lowest BCUT2D eigenvalue weighted by Gasteiger charge is -2.14. The van der Waals surface area contributed by atoms with Gasteiger partial charge in [0.1, 0.15) is 0 Å². The summed E-state index contributed by atoms with van der Waals surface area (Å²) in [5.41, 5.74) is -2.09. The van der Waals surface area contributed by atoms with Crippen molar-refractivity contribution < 1.29 is 28.4 Å². The second-order valence-corrected chi connectivity index (χ2v) is 28.7. The molecule has 0 aliphatic carbocycles. The molecule has 108 heavy (non-hydrogen) atoms. The third-order valence-corrected chi connectivity index (χ3v) is 19.6. The zero-order valence-electron chi connectivity index (χ0n) is 66.0. The molecule has 4 heterocycles. The molecule has 10 rings (SSSR count). The van der Waals surface area contributed by atoms with E-state index in [9.17, 15) is 28.8 Å². The summed E-state index contributed by atoms with van der Waals surface area (Å²) in [6.07, 6.45) is 47.2. The molecule has 18 nitrogen and oxygen atoms in total. The molecule has 0 aliphatic heterocycles. The lowest BCUT2D eigenvalue weighted by Crippen LogP contribution is -2.22. The normalized spacial score (nSPS) is 11.2. The number of benzene rings is 6. The first kappa shape index (κ1) is 86.2. The summed E-state index contributed by atoms with van der Waals surface area (Å²) in [6, 6.07) is 20.1. The van der Waals surface area contributed by atoms with E-state index >= 15 is 0 Å². The number of fused-ring (bicyclic) bond motifs is 3. The number of nitrogens with one attached hydrogen (secondary N) is 6. The number of aromatic nitrogens is 6. The van der Waals surface area contributed by atoms with E-state index in [2.05, 4.69) is 71.4 Å². The SMILES string of the molecule is CCCCCCCCOc1cc2[nH]cc3ccc(c[nH]c4cc(OCCCCCCCC)c(OCCCCCCCC)cc4[nH]cc4ccc(c[nH]c5cc(OCCCCCCCC)c(OCCCCCCCC)cc5[nH]cc5ccc(c[nH]c2cc1OCCCCCCCC)c(=O)c5=O)c(=O)c4=O)c(=O)c3=O. The van der Waals surface area contributed by atoms with Gasteiger partial charge in [0.05, 0.1) is 72.7 Å². The van der Waals surface area contributed by atoms with E-state index in [-0.39, 0.29) is 32.3 Å². The fraction of sp³-hybridized carbons (Fsp3) is 0.533. The van der Waals surface area contributed by atoms with Gasteiger partial charge >= 0.3 is 0 Å². The molecular formula is C90H126N6O12. The van der Waals surface area contributed by atoms with Crippen molar-refractivity contribution in [2.75, 3.05) is 39.6 Å². The molecule has 6 bridgehead atoms. The lowest BCUT2D eigenvalue weighted by molar-refractivity contribution is 0.259. The number of ether oxygens (including phenoxy) is 6. The van der Waals surface area contributed by atoms with Gasteiger partial charge in [-0.25, -0.2) is 0 Å². The van der Waals surface area contributed by atoms with Crippen molar-refractivity contribution in [2.24, 2.45) is 0 Å². The highest BCUT2D eigenvalue weighted by Gasteiger charge is 2.14.